The summed E-state index contributed by atoms with van der Waals surface area (Å²) < 4.78 is 6.81. The first kappa shape index (κ1) is 50.5. The van der Waals surface area contributed by atoms with Crippen LogP contribution in [0.15, 0.2) is 24.5 Å². The van der Waals surface area contributed by atoms with E-state index in [-0.39, 0.29) is 0 Å². The Balaban J connectivity index is 1.06. The van der Waals surface area contributed by atoms with E-state index in [1.807, 2.05) is 12.4 Å². The van der Waals surface area contributed by atoms with Crippen LogP contribution in [-0.4, -0.2) is 9.97 Å². The minimum Gasteiger partial charge on any atom is -0.454 e. The van der Waals surface area contributed by atoms with E-state index in [9.17, 15) is 0 Å². The number of hydrogen-bond donors (Lipinski definition) is 0. The molecule has 0 bridgehead atoms. The molecule has 0 spiro atoms. The number of nitrogens with zero attached hydrogens (tertiary/aromatic N) is 2. The molecule has 2 aromatic heterocycles. The van der Waals surface area contributed by atoms with Gasteiger partial charge in [0.25, 0.3) is 0 Å². The Morgan fingerprint density at radius 2 is 0.698 bits per heavy atom. The largest absolute Gasteiger partial charge is 0.454 e. The van der Waals surface area contributed by atoms with Gasteiger partial charge in [0.2, 0.25) is 0 Å². The molecule has 4 fully saturated rings. The fourth-order valence-corrected chi connectivity index (χ4v) is 13.5. The van der Waals surface area contributed by atoms with Crippen LogP contribution in [0, 0.1) is 47.3 Å². The Labute approximate surface area is 390 Å². The van der Waals surface area contributed by atoms with Crippen molar-refractivity contribution < 1.29 is 4.74 Å². The standard InChI is InChI=1S/C60H100N2O/c1-5-9-13-15-19-23-59-55(41-49-29-37-53(38-30-49)51-33-25-47(26-34-51)21-17-11-7-3)43-57(45-61-59)63-58-44-56(60(62-46-58)24-20-16-14-10-6-2)42-50-31-39-54(40-32-50)52-35-27-48(28-36-52)22-18-12-8-4/h43-54H,5-42H2,1-4H3. The number of pyridine rings is 2. The van der Waals surface area contributed by atoms with Crippen molar-refractivity contribution in [3.05, 3.63) is 47.0 Å². The second-order valence-electron chi connectivity index (χ2n) is 22.5. The predicted octanol–water partition coefficient (Wildman–Crippen LogP) is 18.8. The summed E-state index contributed by atoms with van der Waals surface area (Å²) in [6.45, 7) is 9.33. The summed E-state index contributed by atoms with van der Waals surface area (Å²) in [6.07, 6.45) is 56.8. The van der Waals surface area contributed by atoms with Gasteiger partial charge in [0.05, 0.1) is 12.4 Å². The number of rotatable bonds is 28. The highest BCUT2D eigenvalue weighted by molar-refractivity contribution is 5.36. The molecule has 0 saturated heterocycles. The third-order valence-electron chi connectivity index (χ3n) is 17.7. The first-order chi connectivity index (χ1) is 31.0. The van der Waals surface area contributed by atoms with Crippen LogP contribution >= 0.6 is 0 Å². The summed E-state index contributed by atoms with van der Waals surface area (Å²) in [5.74, 6) is 9.42. The lowest BCUT2D eigenvalue weighted by atomic mass is 9.68. The maximum atomic E-state index is 6.81. The van der Waals surface area contributed by atoms with Crippen molar-refractivity contribution in [3.63, 3.8) is 0 Å². The molecular weight excluding hydrogens is 765 g/mol. The van der Waals surface area contributed by atoms with Crippen LogP contribution in [-0.2, 0) is 25.7 Å². The van der Waals surface area contributed by atoms with Gasteiger partial charge in [-0.05, 0) is 186 Å². The van der Waals surface area contributed by atoms with Gasteiger partial charge in [-0.15, -0.1) is 0 Å². The number of ether oxygens (including phenoxy) is 1. The topological polar surface area (TPSA) is 35.0 Å². The molecule has 0 radical (unpaired) electrons. The molecule has 2 aromatic rings. The monoisotopic (exact) mass is 865 g/mol. The molecule has 3 heteroatoms. The SMILES string of the molecule is CCCCCCCc1ncc(Oc2cnc(CCCCCCC)c(CC3CCC(C4CCC(CCCCC)CC4)CC3)c2)cc1CC1CCC(C2CCC(CCCCC)CC2)CC1. The highest BCUT2D eigenvalue weighted by atomic mass is 16.5. The van der Waals surface area contributed by atoms with E-state index in [1.54, 1.807) is 0 Å². The van der Waals surface area contributed by atoms with Gasteiger partial charge in [-0.2, -0.15) is 0 Å². The summed E-state index contributed by atoms with van der Waals surface area (Å²) in [7, 11) is 0. The van der Waals surface area contributed by atoms with Crippen molar-refractivity contribution in [2.75, 3.05) is 0 Å². The third-order valence-corrected chi connectivity index (χ3v) is 17.7. The highest BCUT2D eigenvalue weighted by Crippen LogP contribution is 2.45. The summed E-state index contributed by atoms with van der Waals surface area (Å²) in [4.78, 5) is 10.4. The lowest BCUT2D eigenvalue weighted by molar-refractivity contribution is 0.142. The Bertz CT molecular complexity index is 1370. The summed E-state index contributed by atoms with van der Waals surface area (Å²) in [5, 5.41) is 0. The van der Waals surface area contributed by atoms with Crippen LogP contribution in [0.1, 0.15) is 269 Å². The zero-order chi connectivity index (χ0) is 43.9. The normalized spacial score (nSPS) is 26.8. The first-order valence-corrected chi connectivity index (χ1v) is 28.7. The number of aryl methyl sites for hydroxylation is 2. The lowest BCUT2D eigenvalue weighted by Crippen LogP contribution is -2.26. The molecule has 6 rings (SSSR count). The maximum absolute atomic E-state index is 6.81. The molecule has 0 unspecified atom stereocenters. The van der Waals surface area contributed by atoms with E-state index in [0.717, 1.165) is 71.7 Å². The van der Waals surface area contributed by atoms with Gasteiger partial charge >= 0.3 is 0 Å². The Morgan fingerprint density at radius 3 is 1.05 bits per heavy atom. The quantitative estimate of drug-likeness (QED) is 0.0800. The van der Waals surface area contributed by atoms with Crippen molar-refractivity contribution >= 4 is 0 Å². The van der Waals surface area contributed by atoms with Crippen molar-refractivity contribution in [3.8, 4) is 11.5 Å². The van der Waals surface area contributed by atoms with Gasteiger partial charge in [-0.1, -0.05) is 156 Å². The third kappa shape index (κ3) is 17.4. The molecule has 4 aliphatic carbocycles. The zero-order valence-corrected chi connectivity index (χ0v) is 42.1. The van der Waals surface area contributed by atoms with Gasteiger partial charge in [-0.3, -0.25) is 9.97 Å². The highest BCUT2D eigenvalue weighted by Gasteiger charge is 2.33. The first-order valence-electron chi connectivity index (χ1n) is 28.7. The van der Waals surface area contributed by atoms with Crippen molar-refractivity contribution in [1.82, 2.24) is 9.97 Å². The van der Waals surface area contributed by atoms with E-state index < -0.39 is 0 Å². The molecule has 0 N–H and O–H groups in total. The van der Waals surface area contributed by atoms with Crippen LogP contribution in [0.2, 0.25) is 0 Å². The smallest absolute Gasteiger partial charge is 0.146 e. The van der Waals surface area contributed by atoms with Crippen LogP contribution < -0.4 is 4.74 Å². The molecule has 0 amide bonds. The van der Waals surface area contributed by atoms with E-state index in [0.29, 0.717) is 0 Å². The molecule has 2 heterocycles. The van der Waals surface area contributed by atoms with Gasteiger partial charge < -0.3 is 4.74 Å². The van der Waals surface area contributed by atoms with E-state index in [4.69, 9.17) is 14.7 Å². The molecule has 0 aromatic carbocycles. The van der Waals surface area contributed by atoms with Gasteiger partial charge in [0, 0.05) is 11.4 Å². The van der Waals surface area contributed by atoms with Crippen molar-refractivity contribution in [2.45, 2.75) is 272 Å². The lowest BCUT2D eigenvalue weighted by Gasteiger charge is -2.38. The van der Waals surface area contributed by atoms with Gasteiger partial charge in [-0.25, -0.2) is 0 Å². The van der Waals surface area contributed by atoms with Gasteiger partial charge in [0.15, 0.2) is 0 Å². The van der Waals surface area contributed by atoms with Crippen LogP contribution in [0.5, 0.6) is 11.5 Å². The minimum atomic E-state index is 0.785. The average Bonchev–Trinajstić information content (AvgIpc) is 3.31. The summed E-state index contributed by atoms with van der Waals surface area (Å²) in [6, 6.07) is 4.81. The van der Waals surface area contributed by atoms with Crippen LogP contribution in [0.25, 0.3) is 0 Å². The zero-order valence-electron chi connectivity index (χ0n) is 42.1. The number of hydrogen-bond acceptors (Lipinski definition) is 3. The molecule has 4 saturated carbocycles. The fraction of sp³-hybridized carbons (Fsp3) is 0.833. The number of unbranched alkanes of at least 4 members (excludes halogenated alkanes) is 12. The molecule has 356 valence electrons. The minimum absolute atomic E-state index is 0.785. The predicted molar refractivity (Wildman–Crippen MR) is 271 cm³/mol. The molecule has 3 nitrogen and oxygen atoms in total. The maximum Gasteiger partial charge on any atom is 0.146 e. The molecule has 4 aliphatic rings. The molecule has 63 heavy (non-hydrogen) atoms. The number of aromatic nitrogens is 2. The summed E-state index contributed by atoms with van der Waals surface area (Å²) in [5.41, 5.74) is 5.63. The fourth-order valence-electron chi connectivity index (χ4n) is 13.5. The second-order valence-corrected chi connectivity index (χ2v) is 22.5. The van der Waals surface area contributed by atoms with Crippen molar-refractivity contribution in [2.24, 2.45) is 47.3 Å². The van der Waals surface area contributed by atoms with Crippen molar-refractivity contribution in [1.29, 1.82) is 0 Å². The van der Waals surface area contributed by atoms with Gasteiger partial charge in [0.1, 0.15) is 11.5 Å². The second kappa shape index (κ2) is 29.0. The molecule has 0 atom stereocenters. The van der Waals surface area contributed by atoms with E-state index in [2.05, 4.69) is 39.8 Å². The molecular formula is C60H100N2O. The summed E-state index contributed by atoms with van der Waals surface area (Å²) >= 11 is 0. The average molecular weight is 865 g/mol. The Morgan fingerprint density at radius 1 is 0.381 bits per heavy atom. The van der Waals surface area contributed by atoms with Crippen LogP contribution in [0.4, 0.5) is 0 Å². The Kier molecular flexibility index (Phi) is 23.2. The Hall–Kier alpha value is -1.90. The van der Waals surface area contributed by atoms with E-state index in [1.165, 1.54) is 254 Å². The van der Waals surface area contributed by atoms with E-state index >= 15 is 0 Å². The molecule has 0 aliphatic heterocycles. The van der Waals surface area contributed by atoms with Crippen LogP contribution in [0.3, 0.4) is 0 Å².